The normalized spacial score (nSPS) is 10.8. The minimum absolute atomic E-state index is 0.0869. The molecule has 1 heterocycles. The standard InChI is InChI=1S/C17H13FO3/c1-20-17(19)14-8-7-12-10-13(21-16(12)15(14)18)9-11-5-3-2-4-6-11/h2-8,10H,9H2,1H3. The van der Waals surface area contributed by atoms with E-state index in [1.54, 1.807) is 12.1 Å². The number of carbonyl (C=O) groups is 1. The molecule has 2 aromatic carbocycles. The van der Waals surface area contributed by atoms with Crippen LogP contribution < -0.4 is 0 Å². The van der Waals surface area contributed by atoms with E-state index in [1.807, 2.05) is 30.3 Å². The van der Waals surface area contributed by atoms with Crippen LogP contribution in [0.1, 0.15) is 21.7 Å². The largest absolute Gasteiger partial charge is 0.465 e. The highest BCUT2D eigenvalue weighted by Gasteiger charge is 2.18. The second-order valence-corrected chi connectivity index (χ2v) is 4.71. The van der Waals surface area contributed by atoms with Crippen LogP contribution in [0.2, 0.25) is 0 Å². The van der Waals surface area contributed by atoms with E-state index in [4.69, 9.17) is 4.42 Å². The maximum absolute atomic E-state index is 14.3. The number of esters is 1. The van der Waals surface area contributed by atoms with Crippen molar-refractivity contribution in [2.24, 2.45) is 0 Å². The number of halogens is 1. The van der Waals surface area contributed by atoms with Gasteiger partial charge in [0.05, 0.1) is 12.7 Å². The molecule has 0 radical (unpaired) electrons. The molecule has 0 saturated heterocycles. The van der Waals surface area contributed by atoms with Crippen molar-refractivity contribution in [2.45, 2.75) is 6.42 Å². The fourth-order valence-electron chi connectivity index (χ4n) is 2.27. The topological polar surface area (TPSA) is 39.4 Å². The van der Waals surface area contributed by atoms with Crippen LogP contribution in [0.25, 0.3) is 11.0 Å². The lowest BCUT2D eigenvalue weighted by molar-refractivity contribution is 0.0595. The number of rotatable bonds is 3. The monoisotopic (exact) mass is 284 g/mol. The van der Waals surface area contributed by atoms with Gasteiger partial charge in [0.15, 0.2) is 11.4 Å². The first-order valence-corrected chi connectivity index (χ1v) is 6.52. The lowest BCUT2D eigenvalue weighted by Gasteiger charge is -2.00. The van der Waals surface area contributed by atoms with Gasteiger partial charge in [0.2, 0.25) is 0 Å². The van der Waals surface area contributed by atoms with Crippen molar-refractivity contribution in [3.8, 4) is 0 Å². The highest BCUT2D eigenvalue weighted by atomic mass is 19.1. The third-order valence-electron chi connectivity index (χ3n) is 3.30. The molecule has 0 amide bonds. The highest BCUT2D eigenvalue weighted by Crippen LogP contribution is 2.26. The zero-order chi connectivity index (χ0) is 14.8. The third-order valence-corrected chi connectivity index (χ3v) is 3.30. The van der Waals surface area contributed by atoms with Crippen molar-refractivity contribution >= 4 is 16.9 Å². The summed E-state index contributed by atoms with van der Waals surface area (Å²) in [6.45, 7) is 0. The predicted octanol–water partition coefficient (Wildman–Crippen LogP) is 3.95. The lowest BCUT2D eigenvalue weighted by Crippen LogP contribution is -2.04. The van der Waals surface area contributed by atoms with Crippen molar-refractivity contribution < 1.29 is 18.3 Å². The van der Waals surface area contributed by atoms with Gasteiger partial charge in [-0.15, -0.1) is 0 Å². The summed E-state index contributed by atoms with van der Waals surface area (Å²) in [6, 6.07) is 14.6. The molecule has 21 heavy (non-hydrogen) atoms. The maximum Gasteiger partial charge on any atom is 0.340 e. The smallest absolute Gasteiger partial charge is 0.340 e. The first kappa shape index (κ1) is 13.4. The van der Waals surface area contributed by atoms with E-state index in [9.17, 15) is 9.18 Å². The van der Waals surface area contributed by atoms with Gasteiger partial charge < -0.3 is 9.15 Å². The van der Waals surface area contributed by atoms with Crippen LogP contribution in [0.3, 0.4) is 0 Å². The van der Waals surface area contributed by atoms with Crippen LogP contribution in [0.5, 0.6) is 0 Å². The van der Waals surface area contributed by atoms with E-state index in [2.05, 4.69) is 4.74 Å². The lowest BCUT2D eigenvalue weighted by atomic mass is 10.1. The Bertz CT molecular complexity index is 790. The summed E-state index contributed by atoms with van der Waals surface area (Å²) in [5.74, 6) is -0.744. The Kier molecular flexibility index (Phi) is 3.44. The predicted molar refractivity (Wildman–Crippen MR) is 76.8 cm³/mol. The maximum atomic E-state index is 14.3. The molecule has 0 atom stereocenters. The van der Waals surface area contributed by atoms with Gasteiger partial charge in [0.25, 0.3) is 0 Å². The molecular formula is C17H13FO3. The number of benzene rings is 2. The van der Waals surface area contributed by atoms with Crippen LogP contribution in [0, 0.1) is 5.82 Å². The summed E-state index contributed by atoms with van der Waals surface area (Å²) in [6.07, 6.45) is 0.572. The first-order valence-electron chi connectivity index (χ1n) is 6.52. The Morgan fingerprint density at radius 2 is 1.95 bits per heavy atom. The van der Waals surface area contributed by atoms with Crippen molar-refractivity contribution in [2.75, 3.05) is 7.11 Å². The Morgan fingerprint density at radius 3 is 2.67 bits per heavy atom. The molecule has 0 spiro atoms. The number of carbonyl (C=O) groups excluding carboxylic acids is 1. The van der Waals surface area contributed by atoms with E-state index in [0.29, 0.717) is 17.6 Å². The SMILES string of the molecule is COC(=O)c1ccc2cc(Cc3ccccc3)oc2c1F. The Hall–Kier alpha value is -2.62. The molecule has 0 aliphatic rings. The molecule has 3 nitrogen and oxygen atoms in total. The molecule has 0 aliphatic heterocycles. The number of fused-ring (bicyclic) bond motifs is 1. The molecule has 0 saturated carbocycles. The van der Waals surface area contributed by atoms with Gasteiger partial charge in [0, 0.05) is 11.8 Å². The summed E-state index contributed by atoms with van der Waals surface area (Å²) >= 11 is 0. The zero-order valence-corrected chi connectivity index (χ0v) is 11.4. The van der Waals surface area contributed by atoms with Crippen LogP contribution >= 0.6 is 0 Å². The summed E-state index contributed by atoms with van der Waals surface area (Å²) < 4.78 is 24.4. The van der Waals surface area contributed by atoms with E-state index in [1.165, 1.54) is 13.2 Å². The van der Waals surface area contributed by atoms with Gasteiger partial charge in [-0.25, -0.2) is 9.18 Å². The fraction of sp³-hybridized carbons (Fsp3) is 0.118. The fourth-order valence-corrected chi connectivity index (χ4v) is 2.27. The van der Waals surface area contributed by atoms with Gasteiger partial charge in [-0.3, -0.25) is 0 Å². The van der Waals surface area contributed by atoms with Crippen LogP contribution in [0.15, 0.2) is 52.9 Å². The van der Waals surface area contributed by atoms with Crippen molar-refractivity contribution in [3.05, 3.63) is 71.2 Å². The molecule has 0 fully saturated rings. The van der Waals surface area contributed by atoms with Gasteiger partial charge in [-0.1, -0.05) is 36.4 Å². The van der Waals surface area contributed by atoms with Crippen molar-refractivity contribution in [3.63, 3.8) is 0 Å². The molecule has 0 N–H and O–H groups in total. The number of methoxy groups -OCH3 is 1. The molecule has 0 unspecified atom stereocenters. The van der Waals surface area contributed by atoms with Crippen molar-refractivity contribution in [1.82, 2.24) is 0 Å². The minimum Gasteiger partial charge on any atom is -0.465 e. The number of hydrogen-bond donors (Lipinski definition) is 0. The molecular weight excluding hydrogens is 271 g/mol. The Balaban J connectivity index is 2.00. The Labute approximate surface area is 120 Å². The molecule has 0 bridgehead atoms. The second-order valence-electron chi connectivity index (χ2n) is 4.71. The summed E-state index contributed by atoms with van der Waals surface area (Å²) in [5, 5.41) is 0.631. The van der Waals surface area contributed by atoms with E-state index in [0.717, 1.165) is 5.56 Å². The first-order chi connectivity index (χ1) is 10.2. The van der Waals surface area contributed by atoms with Crippen LogP contribution in [-0.4, -0.2) is 13.1 Å². The van der Waals surface area contributed by atoms with Gasteiger partial charge >= 0.3 is 5.97 Å². The van der Waals surface area contributed by atoms with Gasteiger partial charge in [0.1, 0.15) is 5.76 Å². The number of ether oxygens (including phenoxy) is 1. The van der Waals surface area contributed by atoms with Gasteiger partial charge in [-0.2, -0.15) is 0 Å². The number of furan rings is 1. The van der Waals surface area contributed by atoms with Crippen molar-refractivity contribution in [1.29, 1.82) is 0 Å². The average Bonchev–Trinajstić information content (AvgIpc) is 2.91. The van der Waals surface area contributed by atoms with E-state index in [-0.39, 0.29) is 11.1 Å². The molecule has 106 valence electrons. The van der Waals surface area contributed by atoms with Crippen LogP contribution in [0.4, 0.5) is 4.39 Å². The summed E-state index contributed by atoms with van der Waals surface area (Å²) in [7, 11) is 1.22. The zero-order valence-electron chi connectivity index (χ0n) is 11.4. The molecule has 3 aromatic rings. The molecule has 3 rings (SSSR count). The van der Waals surface area contributed by atoms with Gasteiger partial charge in [-0.05, 0) is 17.7 Å². The second kappa shape index (κ2) is 5.40. The van der Waals surface area contributed by atoms with E-state index >= 15 is 0 Å². The number of hydrogen-bond acceptors (Lipinski definition) is 3. The minimum atomic E-state index is -0.713. The quantitative estimate of drug-likeness (QED) is 0.684. The average molecular weight is 284 g/mol. The summed E-state index contributed by atoms with van der Waals surface area (Å²) in [4.78, 5) is 11.5. The molecule has 4 heteroatoms. The highest BCUT2D eigenvalue weighted by molar-refractivity contribution is 5.94. The Morgan fingerprint density at radius 1 is 1.19 bits per heavy atom. The molecule has 0 aliphatic carbocycles. The van der Waals surface area contributed by atoms with Crippen LogP contribution in [-0.2, 0) is 11.2 Å². The van der Waals surface area contributed by atoms with E-state index < -0.39 is 11.8 Å². The summed E-state index contributed by atoms with van der Waals surface area (Å²) in [5.41, 5.74) is 1.04. The molecule has 1 aromatic heterocycles. The third kappa shape index (κ3) is 2.52.